The van der Waals surface area contributed by atoms with Crippen LogP contribution in [-0.4, -0.2) is 64.3 Å². The number of nitriles is 1. The molecule has 1 aromatic carbocycles. The Labute approximate surface area is 258 Å². The van der Waals surface area contributed by atoms with Crippen LogP contribution in [0.25, 0.3) is 28.3 Å². The summed E-state index contributed by atoms with van der Waals surface area (Å²) in [5.41, 5.74) is -0.380. The largest absolute Gasteiger partial charge is 0.480 e. The molecule has 0 saturated heterocycles. The van der Waals surface area contributed by atoms with Gasteiger partial charge in [0.2, 0.25) is 5.88 Å². The lowest BCUT2D eigenvalue weighted by atomic mass is 10.1. The molecule has 17 heteroatoms. The number of nitrogens with zero attached hydrogens (tertiary/aromatic N) is 8. The van der Waals surface area contributed by atoms with Crippen LogP contribution in [0, 0.1) is 29.9 Å². The Kier molecular flexibility index (Phi) is 8.65. The number of fused-ring (bicyclic) bond motifs is 1. The first-order valence-electron chi connectivity index (χ1n) is 13.6. The molecule has 4 heterocycles. The van der Waals surface area contributed by atoms with Crippen molar-refractivity contribution in [1.82, 2.24) is 34.1 Å². The van der Waals surface area contributed by atoms with Crippen molar-refractivity contribution in [2.75, 3.05) is 18.4 Å². The van der Waals surface area contributed by atoms with E-state index in [4.69, 9.17) is 14.7 Å². The Morgan fingerprint density at radius 1 is 1.11 bits per heavy atom. The van der Waals surface area contributed by atoms with Crippen molar-refractivity contribution in [3.8, 4) is 34.7 Å². The summed E-state index contributed by atoms with van der Waals surface area (Å²) >= 11 is 0. The molecule has 0 fully saturated rings. The first-order chi connectivity index (χ1) is 21.3. The molecular weight excluding hydrogens is 625 g/mol. The van der Waals surface area contributed by atoms with Gasteiger partial charge in [0.1, 0.15) is 36.5 Å². The highest BCUT2D eigenvalue weighted by atomic mass is 32.2. The second-order valence-electron chi connectivity index (χ2n) is 11.2. The number of benzene rings is 1. The number of hydrogen-bond acceptors (Lipinski definition) is 10. The monoisotopic (exact) mass is 653 g/mol. The zero-order chi connectivity index (χ0) is 32.5. The summed E-state index contributed by atoms with van der Waals surface area (Å²) in [5.74, 6) is -1.42. The number of aryl methyl sites for hydroxylation is 1. The number of imidazole rings is 1. The molecule has 0 bridgehead atoms. The zero-order valence-corrected chi connectivity index (χ0v) is 26.9. The minimum absolute atomic E-state index is 0.0587. The molecule has 0 aliphatic carbocycles. The summed E-state index contributed by atoms with van der Waals surface area (Å²) in [4.78, 5) is 12.0. The van der Waals surface area contributed by atoms with E-state index in [1.54, 1.807) is 17.6 Å². The van der Waals surface area contributed by atoms with E-state index >= 15 is 8.78 Å². The van der Waals surface area contributed by atoms with E-state index in [9.17, 15) is 8.42 Å². The van der Waals surface area contributed by atoms with Crippen LogP contribution in [0.3, 0.4) is 0 Å². The van der Waals surface area contributed by atoms with Gasteiger partial charge in [-0.1, -0.05) is 19.6 Å². The van der Waals surface area contributed by atoms with E-state index in [1.807, 2.05) is 0 Å². The number of anilines is 1. The Hall–Kier alpha value is -4.79. The van der Waals surface area contributed by atoms with Gasteiger partial charge < -0.3 is 13.9 Å². The molecule has 0 atom stereocenters. The van der Waals surface area contributed by atoms with Crippen molar-refractivity contribution in [2.24, 2.45) is 0 Å². The van der Waals surface area contributed by atoms with E-state index in [0.29, 0.717) is 29.5 Å². The molecule has 0 aliphatic rings. The van der Waals surface area contributed by atoms with Gasteiger partial charge in [-0.15, -0.1) is 10.2 Å². The van der Waals surface area contributed by atoms with Crippen LogP contribution in [0.5, 0.6) is 5.88 Å². The van der Waals surface area contributed by atoms with Crippen LogP contribution in [0.4, 0.5) is 14.5 Å². The number of aromatic nitrogens is 7. The van der Waals surface area contributed by atoms with Gasteiger partial charge in [-0.2, -0.15) is 5.26 Å². The van der Waals surface area contributed by atoms with Gasteiger partial charge in [-0.25, -0.2) is 27.2 Å². The molecule has 0 spiro atoms. The molecule has 0 saturated carbocycles. The fraction of sp³-hybridized carbons (Fsp3) is 0.286. The number of methoxy groups -OCH3 is 1. The summed E-state index contributed by atoms with van der Waals surface area (Å²) in [6, 6.07) is 5.67. The highest BCUT2D eigenvalue weighted by Gasteiger charge is 2.26. The molecule has 0 aliphatic heterocycles. The summed E-state index contributed by atoms with van der Waals surface area (Å²) in [6.45, 7) is 9.43. The average molecular weight is 654 g/mol. The van der Waals surface area contributed by atoms with Gasteiger partial charge in [0.15, 0.2) is 16.5 Å². The van der Waals surface area contributed by atoms with Crippen molar-refractivity contribution >= 4 is 29.3 Å². The Morgan fingerprint density at radius 3 is 2.60 bits per heavy atom. The minimum atomic E-state index is -4.51. The Balaban J connectivity index is 1.46. The summed E-state index contributed by atoms with van der Waals surface area (Å²) in [5, 5.41) is 17.6. The molecule has 1 N–H and O–H groups in total. The SMILES string of the molecule is COc1ncc(C#N)cc1S(=O)(=O)Nc1ccc(F)c(-c2cn3cnc(-c4nnc(C)n4COCC[Si](C)(C)C)c3cn2)c1F. The molecular formula is C28H29F2N9O4SSi. The Bertz CT molecular complexity index is 2050. The molecule has 0 radical (unpaired) electrons. The molecule has 234 valence electrons. The van der Waals surface area contributed by atoms with Crippen molar-refractivity contribution < 1.29 is 26.7 Å². The third-order valence-electron chi connectivity index (χ3n) is 6.81. The van der Waals surface area contributed by atoms with Crippen molar-refractivity contribution in [2.45, 2.75) is 44.2 Å². The number of nitrogens with one attached hydrogen (secondary N) is 1. The quantitative estimate of drug-likeness (QED) is 0.157. The van der Waals surface area contributed by atoms with Gasteiger partial charge in [0, 0.05) is 27.1 Å². The molecule has 0 amide bonds. The maximum atomic E-state index is 15.8. The highest BCUT2D eigenvalue weighted by molar-refractivity contribution is 7.92. The zero-order valence-electron chi connectivity index (χ0n) is 25.0. The molecule has 5 rings (SSSR count). The molecule has 13 nitrogen and oxygen atoms in total. The number of rotatable bonds is 11. The highest BCUT2D eigenvalue weighted by Crippen LogP contribution is 2.33. The van der Waals surface area contributed by atoms with E-state index in [0.717, 1.165) is 30.4 Å². The number of ether oxygens (including phenoxy) is 2. The third-order valence-corrected chi connectivity index (χ3v) is 9.87. The van der Waals surface area contributed by atoms with Crippen LogP contribution < -0.4 is 9.46 Å². The lowest BCUT2D eigenvalue weighted by Gasteiger charge is -2.16. The normalized spacial score (nSPS) is 12.0. The second kappa shape index (κ2) is 12.3. The number of pyridine rings is 1. The van der Waals surface area contributed by atoms with E-state index in [1.165, 1.54) is 30.2 Å². The van der Waals surface area contributed by atoms with Crippen molar-refractivity contribution in [3.63, 3.8) is 0 Å². The van der Waals surface area contributed by atoms with Crippen LogP contribution >= 0.6 is 0 Å². The van der Waals surface area contributed by atoms with Gasteiger partial charge in [0.25, 0.3) is 10.0 Å². The van der Waals surface area contributed by atoms with Gasteiger partial charge >= 0.3 is 0 Å². The molecule has 4 aromatic heterocycles. The summed E-state index contributed by atoms with van der Waals surface area (Å²) in [6.07, 6.45) is 5.33. The van der Waals surface area contributed by atoms with E-state index in [-0.39, 0.29) is 23.9 Å². The Morgan fingerprint density at radius 2 is 1.89 bits per heavy atom. The van der Waals surface area contributed by atoms with Crippen LogP contribution in [0.2, 0.25) is 25.7 Å². The smallest absolute Gasteiger partial charge is 0.267 e. The average Bonchev–Trinajstić information content (AvgIpc) is 3.58. The first-order valence-corrected chi connectivity index (χ1v) is 18.8. The predicted molar refractivity (Wildman–Crippen MR) is 163 cm³/mol. The van der Waals surface area contributed by atoms with Gasteiger partial charge in [-0.3, -0.25) is 14.3 Å². The lowest BCUT2D eigenvalue weighted by Crippen LogP contribution is -2.22. The third kappa shape index (κ3) is 6.52. The maximum absolute atomic E-state index is 15.8. The minimum Gasteiger partial charge on any atom is -0.480 e. The topological polar surface area (TPSA) is 162 Å². The maximum Gasteiger partial charge on any atom is 0.267 e. The standard InChI is InChI=1S/C28H29F2N9O4SSi/c1-17-35-36-27(39(17)16-43-8-9-45(3,4)5)26-22-13-32-21(14-38(22)15-34-26)24-19(29)6-7-20(25(24)30)37-44(40,41)23-10-18(11-31)12-33-28(23)42-2/h6-7,10,12-15,37H,8-9,16H2,1-5H3. The number of halogens is 2. The predicted octanol–water partition coefficient (Wildman–Crippen LogP) is 4.63. The fourth-order valence-corrected chi connectivity index (χ4v) is 6.31. The van der Waals surface area contributed by atoms with E-state index in [2.05, 4.69) is 49.5 Å². The summed E-state index contributed by atoms with van der Waals surface area (Å²) in [7, 11) is -4.59. The molecule has 45 heavy (non-hydrogen) atoms. The van der Waals surface area contributed by atoms with Gasteiger partial charge in [0.05, 0.1) is 41.3 Å². The molecule has 0 unspecified atom stereocenters. The number of sulfonamides is 1. The molecule has 5 aromatic rings. The van der Waals surface area contributed by atoms with Crippen LogP contribution in [0.1, 0.15) is 11.4 Å². The van der Waals surface area contributed by atoms with Crippen LogP contribution in [0.15, 0.2) is 48.0 Å². The van der Waals surface area contributed by atoms with Gasteiger partial charge in [-0.05, 0) is 31.2 Å². The van der Waals surface area contributed by atoms with Crippen molar-refractivity contribution in [3.05, 3.63) is 66.1 Å². The summed E-state index contributed by atoms with van der Waals surface area (Å²) < 4.78 is 73.4. The van der Waals surface area contributed by atoms with Crippen molar-refractivity contribution in [1.29, 1.82) is 5.26 Å². The van der Waals surface area contributed by atoms with Crippen LogP contribution in [-0.2, 0) is 21.5 Å². The van der Waals surface area contributed by atoms with E-state index < -0.39 is 45.9 Å². The fourth-order valence-electron chi connectivity index (χ4n) is 4.35. The number of hydrogen-bond donors (Lipinski definition) is 1. The first kappa shape index (κ1) is 31.6. The lowest BCUT2D eigenvalue weighted by molar-refractivity contribution is 0.0866. The second-order valence-corrected chi connectivity index (χ2v) is 18.5.